The first-order valence-electron chi connectivity index (χ1n) is 4.08. The molecule has 0 aliphatic rings. The molecular weight excluding hydrogens is 240 g/mol. The van der Waals surface area contributed by atoms with Crippen molar-refractivity contribution in [3.63, 3.8) is 0 Å². The van der Waals surface area contributed by atoms with Gasteiger partial charge in [0.05, 0.1) is 9.92 Å². The Labute approximate surface area is 92.4 Å². The van der Waals surface area contributed by atoms with Crippen LogP contribution in [0, 0.1) is 0 Å². The summed E-state index contributed by atoms with van der Waals surface area (Å²) in [7, 11) is -3.90. The summed E-state index contributed by atoms with van der Waals surface area (Å²) in [6, 6.07) is 5.76. The fourth-order valence-corrected chi connectivity index (χ4v) is 2.71. The van der Waals surface area contributed by atoms with Crippen LogP contribution >= 0.6 is 11.6 Å². The van der Waals surface area contributed by atoms with Crippen molar-refractivity contribution in [2.24, 2.45) is 0 Å². The SMILES string of the molecule is CC(C(=O)O)S(=O)(=O)c1ccccc1Cl. The number of benzene rings is 1. The van der Waals surface area contributed by atoms with Gasteiger partial charge in [-0.05, 0) is 19.1 Å². The molecule has 1 rings (SSSR count). The summed E-state index contributed by atoms with van der Waals surface area (Å²) in [4.78, 5) is 10.5. The quantitative estimate of drug-likeness (QED) is 0.882. The zero-order valence-corrected chi connectivity index (χ0v) is 9.42. The first-order chi connectivity index (χ1) is 6.87. The molecule has 0 aliphatic heterocycles. The molecule has 6 heteroatoms. The minimum atomic E-state index is -3.90. The average molecular weight is 249 g/mol. The maximum atomic E-state index is 11.7. The molecular formula is C9H9ClO4S. The first kappa shape index (κ1) is 12.0. The molecule has 1 aromatic rings. The largest absolute Gasteiger partial charge is 0.480 e. The summed E-state index contributed by atoms with van der Waals surface area (Å²) < 4.78 is 23.5. The van der Waals surface area contributed by atoms with E-state index in [0.717, 1.165) is 6.92 Å². The molecule has 1 aromatic carbocycles. The van der Waals surface area contributed by atoms with Gasteiger partial charge in [0.1, 0.15) is 0 Å². The van der Waals surface area contributed by atoms with Crippen LogP contribution in [0.15, 0.2) is 29.2 Å². The number of rotatable bonds is 3. The Balaban J connectivity index is 3.30. The van der Waals surface area contributed by atoms with E-state index < -0.39 is 21.1 Å². The molecule has 1 unspecified atom stereocenters. The molecule has 0 aromatic heterocycles. The first-order valence-corrected chi connectivity index (χ1v) is 6.01. The van der Waals surface area contributed by atoms with Gasteiger partial charge in [-0.3, -0.25) is 4.79 Å². The molecule has 82 valence electrons. The monoisotopic (exact) mass is 248 g/mol. The maximum absolute atomic E-state index is 11.7. The standard InChI is InChI=1S/C9H9ClO4S/c1-6(9(11)12)15(13,14)8-5-3-2-4-7(8)10/h2-6H,1H3,(H,11,12). The van der Waals surface area contributed by atoms with Crippen LogP contribution in [-0.4, -0.2) is 24.7 Å². The molecule has 1 N–H and O–H groups in total. The third-order valence-electron chi connectivity index (χ3n) is 1.96. The smallest absolute Gasteiger partial charge is 0.321 e. The molecule has 0 heterocycles. The minimum absolute atomic E-state index is 0.0330. The number of carboxylic acid groups (broad SMARTS) is 1. The number of carbonyl (C=O) groups is 1. The Bertz CT molecular complexity index is 481. The Morgan fingerprint density at radius 1 is 1.40 bits per heavy atom. The van der Waals surface area contributed by atoms with Gasteiger partial charge in [-0.15, -0.1) is 0 Å². The Morgan fingerprint density at radius 3 is 2.40 bits per heavy atom. The lowest BCUT2D eigenvalue weighted by Gasteiger charge is -2.09. The third-order valence-corrected chi connectivity index (χ3v) is 4.50. The normalized spacial score (nSPS) is 13.5. The van der Waals surface area contributed by atoms with Crippen LogP contribution < -0.4 is 0 Å². The lowest BCUT2D eigenvalue weighted by atomic mass is 10.4. The second kappa shape index (κ2) is 4.20. The van der Waals surface area contributed by atoms with Gasteiger partial charge in [0.25, 0.3) is 0 Å². The summed E-state index contributed by atoms with van der Waals surface area (Å²) in [6.07, 6.45) is 0. The van der Waals surface area contributed by atoms with Gasteiger partial charge >= 0.3 is 5.97 Å². The minimum Gasteiger partial charge on any atom is -0.480 e. The molecule has 0 saturated carbocycles. The van der Waals surface area contributed by atoms with Crippen molar-refractivity contribution in [3.8, 4) is 0 Å². The van der Waals surface area contributed by atoms with Gasteiger partial charge in [-0.1, -0.05) is 23.7 Å². The number of halogens is 1. The number of sulfone groups is 1. The van der Waals surface area contributed by atoms with Gasteiger partial charge in [0, 0.05) is 0 Å². The molecule has 0 fully saturated rings. The Kier molecular flexibility index (Phi) is 3.36. The summed E-state index contributed by atoms with van der Waals surface area (Å²) >= 11 is 5.69. The van der Waals surface area contributed by atoms with Crippen molar-refractivity contribution in [1.29, 1.82) is 0 Å². The van der Waals surface area contributed by atoms with E-state index in [-0.39, 0.29) is 9.92 Å². The third kappa shape index (κ3) is 2.30. The summed E-state index contributed by atoms with van der Waals surface area (Å²) in [5.41, 5.74) is 0. The van der Waals surface area contributed by atoms with E-state index in [1.165, 1.54) is 18.2 Å². The van der Waals surface area contributed by atoms with Gasteiger partial charge in [-0.2, -0.15) is 0 Å². The van der Waals surface area contributed by atoms with E-state index in [1.807, 2.05) is 0 Å². The van der Waals surface area contributed by atoms with E-state index in [4.69, 9.17) is 16.7 Å². The Hall–Kier alpha value is -1.07. The zero-order chi connectivity index (χ0) is 11.6. The van der Waals surface area contributed by atoms with E-state index in [9.17, 15) is 13.2 Å². The van der Waals surface area contributed by atoms with Crippen molar-refractivity contribution in [2.45, 2.75) is 17.1 Å². The number of hydrogen-bond acceptors (Lipinski definition) is 3. The lowest BCUT2D eigenvalue weighted by molar-refractivity contribution is -0.136. The summed E-state index contributed by atoms with van der Waals surface area (Å²) in [5.74, 6) is -1.39. The van der Waals surface area contributed by atoms with Crippen molar-refractivity contribution in [2.75, 3.05) is 0 Å². The van der Waals surface area contributed by atoms with Crippen molar-refractivity contribution >= 4 is 27.4 Å². The highest BCUT2D eigenvalue weighted by atomic mass is 35.5. The molecule has 0 aliphatic carbocycles. The maximum Gasteiger partial charge on any atom is 0.321 e. The molecule has 0 amide bonds. The highest BCUT2D eigenvalue weighted by Crippen LogP contribution is 2.24. The van der Waals surface area contributed by atoms with Gasteiger partial charge in [0.15, 0.2) is 15.1 Å². The highest BCUT2D eigenvalue weighted by molar-refractivity contribution is 7.92. The molecule has 0 radical (unpaired) electrons. The summed E-state index contributed by atoms with van der Waals surface area (Å²) in [5, 5.41) is 7.18. The lowest BCUT2D eigenvalue weighted by Crippen LogP contribution is -2.27. The fraction of sp³-hybridized carbons (Fsp3) is 0.222. The molecule has 15 heavy (non-hydrogen) atoms. The summed E-state index contributed by atoms with van der Waals surface area (Å²) in [6.45, 7) is 1.11. The Morgan fingerprint density at radius 2 is 1.93 bits per heavy atom. The topological polar surface area (TPSA) is 71.4 Å². The second-order valence-electron chi connectivity index (χ2n) is 2.96. The average Bonchev–Trinajstić information content (AvgIpc) is 2.16. The van der Waals surface area contributed by atoms with Crippen LogP contribution in [0.4, 0.5) is 0 Å². The predicted octanol–water partition coefficient (Wildman–Crippen LogP) is 1.59. The van der Waals surface area contributed by atoms with Crippen molar-refractivity contribution in [1.82, 2.24) is 0 Å². The van der Waals surface area contributed by atoms with E-state index in [0.29, 0.717) is 0 Å². The van der Waals surface area contributed by atoms with Crippen molar-refractivity contribution < 1.29 is 18.3 Å². The van der Waals surface area contributed by atoms with Gasteiger partial charge in [-0.25, -0.2) is 8.42 Å². The van der Waals surface area contributed by atoms with Crippen LogP contribution in [-0.2, 0) is 14.6 Å². The molecule has 1 atom stereocenters. The van der Waals surface area contributed by atoms with E-state index >= 15 is 0 Å². The second-order valence-corrected chi connectivity index (χ2v) is 5.60. The van der Waals surface area contributed by atoms with Gasteiger partial charge in [0.2, 0.25) is 0 Å². The van der Waals surface area contributed by atoms with E-state index in [2.05, 4.69) is 0 Å². The highest BCUT2D eigenvalue weighted by Gasteiger charge is 2.30. The number of aliphatic carboxylic acids is 1. The van der Waals surface area contributed by atoms with Crippen molar-refractivity contribution in [3.05, 3.63) is 29.3 Å². The predicted molar refractivity (Wildman–Crippen MR) is 55.7 cm³/mol. The molecule has 0 bridgehead atoms. The van der Waals surface area contributed by atoms with Crippen LogP contribution in [0.2, 0.25) is 5.02 Å². The molecule has 4 nitrogen and oxygen atoms in total. The van der Waals surface area contributed by atoms with Crippen LogP contribution in [0.1, 0.15) is 6.92 Å². The molecule has 0 saturated heterocycles. The van der Waals surface area contributed by atoms with Crippen LogP contribution in [0.3, 0.4) is 0 Å². The zero-order valence-electron chi connectivity index (χ0n) is 7.84. The van der Waals surface area contributed by atoms with E-state index in [1.54, 1.807) is 6.07 Å². The van der Waals surface area contributed by atoms with Crippen LogP contribution in [0.25, 0.3) is 0 Å². The fourth-order valence-electron chi connectivity index (χ4n) is 0.999. The number of hydrogen-bond donors (Lipinski definition) is 1. The molecule has 0 spiro atoms. The van der Waals surface area contributed by atoms with Crippen LogP contribution in [0.5, 0.6) is 0 Å². The van der Waals surface area contributed by atoms with Gasteiger partial charge < -0.3 is 5.11 Å². The number of carboxylic acids is 1.